The molecule has 104 valence electrons. The maximum absolute atomic E-state index is 13.3. The van der Waals surface area contributed by atoms with E-state index in [1.807, 2.05) is 12.1 Å². The van der Waals surface area contributed by atoms with E-state index in [9.17, 15) is 9.18 Å². The molecule has 4 nitrogen and oxygen atoms in total. The van der Waals surface area contributed by atoms with Gasteiger partial charge >= 0.3 is 5.97 Å². The number of nitrogen functional groups attached to an aromatic ring is 1. The molecule has 0 atom stereocenters. The van der Waals surface area contributed by atoms with Crippen LogP contribution < -0.4 is 11.1 Å². The van der Waals surface area contributed by atoms with Crippen molar-refractivity contribution in [3.63, 3.8) is 0 Å². The van der Waals surface area contributed by atoms with Crippen LogP contribution in [0, 0.1) is 5.82 Å². The summed E-state index contributed by atoms with van der Waals surface area (Å²) in [4.78, 5) is 11.2. The van der Waals surface area contributed by atoms with Gasteiger partial charge in [0.15, 0.2) is 0 Å². The minimum atomic E-state index is -1.29. The fourth-order valence-electron chi connectivity index (χ4n) is 1.80. The average Bonchev–Trinajstić information content (AvgIpc) is 2.41. The van der Waals surface area contributed by atoms with Crippen LogP contribution in [0.4, 0.5) is 15.8 Å². The lowest BCUT2D eigenvalue weighted by Crippen LogP contribution is -2.11. The summed E-state index contributed by atoms with van der Waals surface area (Å²) in [6, 6.07) is 9.62. The third kappa shape index (κ3) is 2.83. The van der Waals surface area contributed by atoms with Crippen molar-refractivity contribution in [1.82, 2.24) is 0 Å². The second-order valence-electron chi connectivity index (χ2n) is 4.13. The van der Waals surface area contributed by atoms with Crippen LogP contribution >= 0.6 is 11.6 Å². The van der Waals surface area contributed by atoms with E-state index in [2.05, 4.69) is 5.32 Å². The number of carboxylic acids is 1. The Hall–Kier alpha value is -2.27. The second kappa shape index (κ2) is 5.79. The Labute approximate surface area is 120 Å². The van der Waals surface area contributed by atoms with Gasteiger partial charge in [0, 0.05) is 11.6 Å². The quantitative estimate of drug-likeness (QED) is 0.756. The highest BCUT2D eigenvalue weighted by Gasteiger charge is 2.17. The molecule has 0 fully saturated rings. The largest absolute Gasteiger partial charge is 0.478 e. The summed E-state index contributed by atoms with van der Waals surface area (Å²) in [5.41, 5.74) is 5.84. The molecule has 0 aliphatic heterocycles. The SMILES string of the molecule is Nc1c(F)ccc(NCc2ccccc2Cl)c1C(=O)O. The predicted octanol–water partition coefficient (Wildman–Crippen LogP) is 3.37. The van der Waals surface area contributed by atoms with Crippen LogP contribution in [0.25, 0.3) is 0 Å². The first-order valence-corrected chi connectivity index (χ1v) is 6.17. The van der Waals surface area contributed by atoms with Crippen molar-refractivity contribution in [2.45, 2.75) is 6.54 Å². The first-order valence-electron chi connectivity index (χ1n) is 5.79. The first kappa shape index (κ1) is 14.1. The maximum atomic E-state index is 13.3. The van der Waals surface area contributed by atoms with Gasteiger partial charge in [0.2, 0.25) is 0 Å². The fourth-order valence-corrected chi connectivity index (χ4v) is 2.01. The van der Waals surface area contributed by atoms with E-state index >= 15 is 0 Å². The van der Waals surface area contributed by atoms with Gasteiger partial charge in [0.05, 0.1) is 11.4 Å². The molecule has 2 aromatic carbocycles. The van der Waals surface area contributed by atoms with E-state index in [4.69, 9.17) is 22.4 Å². The summed E-state index contributed by atoms with van der Waals surface area (Å²) < 4.78 is 13.3. The number of hydrogen-bond acceptors (Lipinski definition) is 3. The van der Waals surface area contributed by atoms with Gasteiger partial charge in [-0.15, -0.1) is 0 Å². The number of anilines is 2. The molecule has 0 aromatic heterocycles. The Bertz CT molecular complexity index is 662. The summed E-state index contributed by atoms with van der Waals surface area (Å²) in [6.07, 6.45) is 0. The van der Waals surface area contributed by atoms with Crippen LogP contribution in [0.1, 0.15) is 15.9 Å². The van der Waals surface area contributed by atoms with Crippen molar-refractivity contribution in [1.29, 1.82) is 0 Å². The van der Waals surface area contributed by atoms with Crippen LogP contribution in [0.5, 0.6) is 0 Å². The van der Waals surface area contributed by atoms with E-state index in [0.29, 0.717) is 11.6 Å². The standard InChI is InChI=1S/C14H12ClFN2O2/c15-9-4-2-1-3-8(9)7-18-11-6-5-10(16)13(17)12(11)14(19)20/h1-6,18H,7,17H2,(H,19,20). The Balaban J connectivity index is 2.29. The van der Waals surface area contributed by atoms with E-state index in [1.165, 1.54) is 6.07 Å². The number of rotatable bonds is 4. The van der Waals surface area contributed by atoms with Gasteiger partial charge in [-0.3, -0.25) is 0 Å². The zero-order valence-electron chi connectivity index (χ0n) is 10.4. The molecule has 4 N–H and O–H groups in total. The van der Waals surface area contributed by atoms with Crippen molar-refractivity contribution >= 4 is 28.9 Å². The number of nitrogens with one attached hydrogen (secondary N) is 1. The summed E-state index contributed by atoms with van der Waals surface area (Å²) in [6.45, 7) is 0.311. The number of benzene rings is 2. The van der Waals surface area contributed by atoms with E-state index < -0.39 is 11.8 Å². The lowest BCUT2D eigenvalue weighted by Gasteiger charge is -2.12. The van der Waals surface area contributed by atoms with Crippen molar-refractivity contribution in [3.05, 3.63) is 58.4 Å². The third-order valence-corrected chi connectivity index (χ3v) is 3.20. The van der Waals surface area contributed by atoms with E-state index in [0.717, 1.165) is 11.6 Å². The van der Waals surface area contributed by atoms with Crippen LogP contribution in [0.2, 0.25) is 5.02 Å². The topological polar surface area (TPSA) is 75.3 Å². The molecule has 0 radical (unpaired) electrons. The highest BCUT2D eigenvalue weighted by Crippen LogP contribution is 2.26. The molecule has 0 aliphatic rings. The Morgan fingerprint density at radius 2 is 2.00 bits per heavy atom. The molecule has 0 amide bonds. The maximum Gasteiger partial charge on any atom is 0.340 e. The zero-order valence-corrected chi connectivity index (χ0v) is 11.1. The van der Waals surface area contributed by atoms with Gasteiger partial charge in [-0.2, -0.15) is 0 Å². The molecule has 0 spiro atoms. The van der Waals surface area contributed by atoms with Gasteiger partial charge in [0.25, 0.3) is 0 Å². The van der Waals surface area contributed by atoms with E-state index in [1.54, 1.807) is 12.1 Å². The van der Waals surface area contributed by atoms with Crippen LogP contribution in [-0.2, 0) is 6.54 Å². The summed E-state index contributed by atoms with van der Waals surface area (Å²) in [5.74, 6) is -2.05. The normalized spacial score (nSPS) is 10.3. The molecule has 0 unspecified atom stereocenters. The third-order valence-electron chi connectivity index (χ3n) is 2.83. The molecule has 0 heterocycles. The first-order chi connectivity index (χ1) is 9.50. The van der Waals surface area contributed by atoms with Gasteiger partial charge < -0.3 is 16.2 Å². The van der Waals surface area contributed by atoms with Crippen LogP contribution in [-0.4, -0.2) is 11.1 Å². The average molecular weight is 295 g/mol. The van der Waals surface area contributed by atoms with Gasteiger partial charge in [0.1, 0.15) is 11.4 Å². The lowest BCUT2D eigenvalue weighted by molar-refractivity contribution is 0.0698. The molecule has 0 aliphatic carbocycles. The summed E-state index contributed by atoms with van der Waals surface area (Å²) >= 11 is 6.01. The smallest absolute Gasteiger partial charge is 0.340 e. The monoisotopic (exact) mass is 294 g/mol. The minimum absolute atomic E-state index is 0.247. The van der Waals surface area contributed by atoms with Gasteiger partial charge in [-0.1, -0.05) is 29.8 Å². The Kier molecular flexibility index (Phi) is 4.10. The molecule has 2 aromatic rings. The Morgan fingerprint density at radius 1 is 1.30 bits per heavy atom. The van der Waals surface area contributed by atoms with Crippen molar-refractivity contribution in [3.8, 4) is 0 Å². The number of nitrogens with two attached hydrogens (primary N) is 1. The zero-order chi connectivity index (χ0) is 14.7. The lowest BCUT2D eigenvalue weighted by atomic mass is 10.1. The van der Waals surface area contributed by atoms with Crippen LogP contribution in [0.15, 0.2) is 36.4 Å². The van der Waals surface area contributed by atoms with Gasteiger partial charge in [-0.05, 0) is 23.8 Å². The molecule has 0 saturated heterocycles. The molecule has 2 rings (SSSR count). The van der Waals surface area contributed by atoms with Crippen molar-refractivity contribution in [2.24, 2.45) is 0 Å². The number of carboxylic acid groups (broad SMARTS) is 1. The minimum Gasteiger partial charge on any atom is -0.478 e. The number of aromatic carboxylic acids is 1. The Morgan fingerprint density at radius 3 is 2.65 bits per heavy atom. The van der Waals surface area contributed by atoms with Gasteiger partial charge in [-0.25, -0.2) is 9.18 Å². The molecular weight excluding hydrogens is 283 g/mol. The molecule has 20 heavy (non-hydrogen) atoms. The molecule has 6 heteroatoms. The number of carbonyl (C=O) groups is 1. The summed E-state index contributed by atoms with van der Waals surface area (Å²) in [7, 11) is 0. The van der Waals surface area contributed by atoms with Crippen molar-refractivity contribution in [2.75, 3.05) is 11.1 Å². The second-order valence-corrected chi connectivity index (χ2v) is 4.54. The molecule has 0 saturated carbocycles. The van der Waals surface area contributed by atoms with Crippen molar-refractivity contribution < 1.29 is 14.3 Å². The van der Waals surface area contributed by atoms with Crippen LogP contribution in [0.3, 0.4) is 0 Å². The molecular formula is C14H12ClFN2O2. The predicted molar refractivity (Wildman–Crippen MR) is 76.6 cm³/mol. The molecule has 0 bridgehead atoms. The highest BCUT2D eigenvalue weighted by atomic mass is 35.5. The van der Waals surface area contributed by atoms with E-state index in [-0.39, 0.29) is 16.9 Å². The fraction of sp³-hybridized carbons (Fsp3) is 0.0714. The number of hydrogen-bond donors (Lipinski definition) is 3. The summed E-state index contributed by atoms with van der Waals surface area (Å²) in [5, 5.41) is 12.6. The highest BCUT2D eigenvalue weighted by molar-refractivity contribution is 6.31. The number of halogens is 2.